The molecule has 0 spiro atoms. The van der Waals surface area contributed by atoms with Gasteiger partial charge in [0.05, 0.1) is 0 Å². The molecule has 0 saturated carbocycles. The smallest absolute Gasteiger partial charge is 0.444 e. The van der Waals surface area contributed by atoms with Crippen molar-refractivity contribution in [2.24, 2.45) is 0 Å². The number of carbonyl (C=O) groups is 1. The van der Waals surface area contributed by atoms with E-state index in [0.717, 1.165) is 0 Å². The Balaban J connectivity index is 2.82. The molecule has 98 valence electrons. The van der Waals surface area contributed by atoms with Gasteiger partial charge >= 0.3 is 13.2 Å². The predicted octanol–water partition coefficient (Wildman–Crippen LogP) is 0.871. The molecule has 0 unspecified atom stereocenters. The number of halogens is 1. The molecule has 1 heterocycles. The molecule has 0 radical (unpaired) electrons. The molecule has 6 nitrogen and oxygen atoms in total. The second-order valence-electron chi connectivity index (χ2n) is 4.61. The van der Waals surface area contributed by atoms with Crippen LogP contribution < -0.4 is 10.8 Å². The van der Waals surface area contributed by atoms with Crippen LogP contribution in [0.3, 0.4) is 0 Å². The largest absolute Gasteiger partial charge is 0.488 e. The summed E-state index contributed by atoms with van der Waals surface area (Å²) < 4.78 is 5.43. The SMILES string of the molecule is CC(C)(C)OC(=O)Nc1cc(B(O)O)cc(Br)n1. The van der Waals surface area contributed by atoms with Crippen LogP contribution in [0.4, 0.5) is 10.6 Å². The lowest BCUT2D eigenvalue weighted by atomic mass is 9.81. The fraction of sp³-hybridized carbons (Fsp3) is 0.400. The summed E-state index contributed by atoms with van der Waals surface area (Å²) >= 11 is 3.11. The van der Waals surface area contributed by atoms with Crippen molar-refractivity contribution in [2.75, 3.05) is 5.32 Å². The highest BCUT2D eigenvalue weighted by molar-refractivity contribution is 9.10. The Morgan fingerprint density at radius 1 is 1.44 bits per heavy atom. The lowest BCUT2D eigenvalue weighted by Crippen LogP contribution is -2.31. The molecule has 0 saturated heterocycles. The molecule has 0 aliphatic rings. The molecule has 0 aromatic carbocycles. The van der Waals surface area contributed by atoms with E-state index < -0.39 is 18.8 Å². The molecule has 0 atom stereocenters. The summed E-state index contributed by atoms with van der Waals surface area (Å²) in [5, 5.41) is 20.5. The van der Waals surface area contributed by atoms with Crippen molar-refractivity contribution in [3.05, 3.63) is 16.7 Å². The van der Waals surface area contributed by atoms with Gasteiger partial charge in [-0.2, -0.15) is 0 Å². The standard InChI is InChI=1S/C10H14BBrN2O4/c1-10(2,3)18-9(15)14-8-5-6(11(16)17)4-7(12)13-8/h4-5,16-17H,1-3H3,(H,13,14,15). The minimum atomic E-state index is -1.64. The van der Waals surface area contributed by atoms with Crippen LogP contribution in [0.2, 0.25) is 0 Å². The third kappa shape index (κ3) is 5.03. The van der Waals surface area contributed by atoms with Crippen LogP contribution in [0.25, 0.3) is 0 Å². The Kier molecular flexibility index (Phi) is 4.72. The van der Waals surface area contributed by atoms with Crippen molar-refractivity contribution in [2.45, 2.75) is 26.4 Å². The molecule has 18 heavy (non-hydrogen) atoms. The van der Waals surface area contributed by atoms with E-state index >= 15 is 0 Å². The monoisotopic (exact) mass is 316 g/mol. The number of carbonyl (C=O) groups excluding carboxylic acids is 1. The first-order valence-electron chi connectivity index (χ1n) is 5.21. The molecule has 1 aromatic rings. The molecule has 3 N–H and O–H groups in total. The van der Waals surface area contributed by atoms with Crippen LogP contribution >= 0.6 is 15.9 Å². The van der Waals surface area contributed by atoms with Crippen LogP contribution in [-0.2, 0) is 4.74 Å². The fourth-order valence-electron chi connectivity index (χ4n) is 1.14. The summed E-state index contributed by atoms with van der Waals surface area (Å²) in [5.74, 6) is 0.168. The molecule has 1 aromatic heterocycles. The maximum absolute atomic E-state index is 11.5. The topological polar surface area (TPSA) is 91.7 Å². The summed E-state index contributed by atoms with van der Waals surface area (Å²) in [4.78, 5) is 15.5. The van der Waals surface area contributed by atoms with E-state index in [4.69, 9.17) is 14.8 Å². The quantitative estimate of drug-likeness (QED) is 0.556. The zero-order chi connectivity index (χ0) is 13.9. The highest BCUT2D eigenvalue weighted by Crippen LogP contribution is 2.12. The van der Waals surface area contributed by atoms with E-state index in [-0.39, 0.29) is 11.3 Å². The van der Waals surface area contributed by atoms with E-state index in [0.29, 0.717) is 4.60 Å². The van der Waals surface area contributed by atoms with Gasteiger partial charge in [0.25, 0.3) is 0 Å². The molecule has 0 bridgehead atoms. The molecule has 0 aliphatic carbocycles. The van der Waals surface area contributed by atoms with Crippen LogP contribution in [0, 0.1) is 0 Å². The summed E-state index contributed by atoms with van der Waals surface area (Å²) in [7, 11) is -1.64. The first-order valence-corrected chi connectivity index (χ1v) is 6.00. The van der Waals surface area contributed by atoms with Gasteiger partial charge in [-0.05, 0) is 54.3 Å². The van der Waals surface area contributed by atoms with Gasteiger partial charge in [-0.3, -0.25) is 5.32 Å². The van der Waals surface area contributed by atoms with E-state index in [1.54, 1.807) is 20.8 Å². The minimum absolute atomic E-state index is 0.168. The van der Waals surface area contributed by atoms with Crippen molar-refractivity contribution in [3.63, 3.8) is 0 Å². The van der Waals surface area contributed by atoms with Crippen LogP contribution in [0.15, 0.2) is 16.7 Å². The molecule has 1 amide bonds. The van der Waals surface area contributed by atoms with Crippen molar-refractivity contribution in [3.8, 4) is 0 Å². The second-order valence-corrected chi connectivity index (χ2v) is 5.42. The average Bonchev–Trinajstić information content (AvgIpc) is 2.12. The third-order valence-corrected chi connectivity index (χ3v) is 2.15. The maximum atomic E-state index is 11.5. The number of hydrogen-bond acceptors (Lipinski definition) is 5. The van der Waals surface area contributed by atoms with Gasteiger partial charge in [-0.25, -0.2) is 9.78 Å². The number of rotatable bonds is 2. The van der Waals surface area contributed by atoms with Gasteiger partial charge in [0.15, 0.2) is 0 Å². The van der Waals surface area contributed by atoms with Crippen LogP contribution in [0.1, 0.15) is 20.8 Å². The van der Waals surface area contributed by atoms with E-state index in [1.165, 1.54) is 12.1 Å². The lowest BCUT2D eigenvalue weighted by Gasteiger charge is -2.19. The van der Waals surface area contributed by atoms with Gasteiger partial charge in [0, 0.05) is 0 Å². The number of nitrogens with one attached hydrogen (secondary N) is 1. The van der Waals surface area contributed by atoms with Gasteiger partial charge in [0.2, 0.25) is 0 Å². The predicted molar refractivity (Wildman–Crippen MR) is 71.6 cm³/mol. The Bertz CT molecular complexity index is 448. The number of aromatic nitrogens is 1. The van der Waals surface area contributed by atoms with Crippen LogP contribution in [-0.4, -0.2) is 33.8 Å². The fourth-order valence-corrected chi connectivity index (χ4v) is 1.59. The highest BCUT2D eigenvalue weighted by atomic mass is 79.9. The number of anilines is 1. The summed E-state index contributed by atoms with van der Waals surface area (Å²) in [6.45, 7) is 5.22. The average molecular weight is 317 g/mol. The van der Waals surface area contributed by atoms with E-state index in [1.807, 2.05) is 0 Å². The molecule has 0 fully saturated rings. The highest BCUT2D eigenvalue weighted by Gasteiger charge is 2.18. The Morgan fingerprint density at radius 2 is 2.06 bits per heavy atom. The van der Waals surface area contributed by atoms with Gasteiger partial charge < -0.3 is 14.8 Å². The number of ether oxygens (including phenoxy) is 1. The summed E-state index contributed by atoms with van der Waals surface area (Å²) in [6, 6.07) is 2.78. The third-order valence-electron chi connectivity index (χ3n) is 1.74. The van der Waals surface area contributed by atoms with Crippen molar-refractivity contribution in [1.82, 2.24) is 4.98 Å². The maximum Gasteiger partial charge on any atom is 0.488 e. The Labute approximate surface area is 114 Å². The molecule has 1 rings (SSSR count). The van der Waals surface area contributed by atoms with Crippen molar-refractivity contribution in [1.29, 1.82) is 0 Å². The summed E-state index contributed by atoms with van der Waals surface area (Å²) in [6.07, 6.45) is -0.661. The van der Waals surface area contributed by atoms with Crippen molar-refractivity contribution < 1.29 is 19.6 Å². The molecule has 8 heteroatoms. The lowest BCUT2D eigenvalue weighted by molar-refractivity contribution is 0.0635. The van der Waals surface area contributed by atoms with Gasteiger partial charge in [-0.15, -0.1) is 0 Å². The normalized spacial score (nSPS) is 11.0. The number of nitrogens with zero attached hydrogens (tertiary/aromatic N) is 1. The zero-order valence-electron chi connectivity index (χ0n) is 10.3. The van der Waals surface area contributed by atoms with Gasteiger partial charge in [-0.1, -0.05) is 0 Å². The molecule has 0 aliphatic heterocycles. The Morgan fingerprint density at radius 3 is 2.56 bits per heavy atom. The molecular weight excluding hydrogens is 303 g/mol. The first kappa shape index (κ1) is 14.9. The van der Waals surface area contributed by atoms with Gasteiger partial charge in [0.1, 0.15) is 16.0 Å². The number of amides is 1. The summed E-state index contributed by atoms with van der Waals surface area (Å²) in [5.41, 5.74) is -0.405. The zero-order valence-corrected chi connectivity index (χ0v) is 11.9. The first-order chi connectivity index (χ1) is 8.17. The van der Waals surface area contributed by atoms with E-state index in [9.17, 15) is 4.79 Å². The Hall–Kier alpha value is -1.12. The minimum Gasteiger partial charge on any atom is -0.444 e. The van der Waals surface area contributed by atoms with Crippen molar-refractivity contribution >= 4 is 40.4 Å². The number of pyridine rings is 1. The van der Waals surface area contributed by atoms with Crippen LogP contribution in [0.5, 0.6) is 0 Å². The second kappa shape index (κ2) is 5.68. The molecular formula is C10H14BBrN2O4. The number of hydrogen-bond donors (Lipinski definition) is 3. The van der Waals surface area contributed by atoms with E-state index in [2.05, 4.69) is 26.2 Å².